The van der Waals surface area contributed by atoms with Crippen LogP contribution in [0, 0.1) is 0 Å². The lowest BCUT2D eigenvalue weighted by molar-refractivity contribution is 0.491. The lowest BCUT2D eigenvalue weighted by atomic mass is 9.30. The van der Waals surface area contributed by atoms with Gasteiger partial charge in [-0.15, -0.1) is 0 Å². The van der Waals surface area contributed by atoms with E-state index in [1.165, 1.54) is 0 Å². The highest BCUT2D eigenvalue weighted by atomic mass is 16.5. The molecule has 5 heterocycles. The maximum atomic E-state index is 12.8. The Morgan fingerprint density at radius 2 is 0.748 bits per heavy atom. The van der Waals surface area contributed by atoms with E-state index in [0.29, 0.717) is 83.4 Å². The van der Waals surface area contributed by atoms with Crippen molar-refractivity contribution in [2.24, 2.45) is 0 Å². The Balaban J connectivity index is 1.06. The van der Waals surface area contributed by atoms with E-state index >= 15 is 0 Å². The number of benzene rings is 16. The van der Waals surface area contributed by atoms with Crippen molar-refractivity contribution in [3.05, 3.63) is 374 Å². The maximum absolute atomic E-state index is 12.8. The summed E-state index contributed by atoms with van der Waals surface area (Å²) < 4.78 is 264. The highest BCUT2D eigenvalue weighted by molar-refractivity contribution is 7.03. The fourth-order valence-electron chi connectivity index (χ4n) is 17.2. The molecule has 0 aliphatic carbocycles. The van der Waals surface area contributed by atoms with Gasteiger partial charge in [0.1, 0.15) is 11.5 Å². The molecular formula is C108H86B2N4O. The first-order chi connectivity index (χ1) is 66.4. The SMILES string of the molecule is [2H]c1c([2H])c([2H])c(-c2c([2H])c([2H])c3c(c2[2H])B2c4c([2H])c([2H])c(-c5c([2H])c([2H])c([2H])c([2H])c5[2H])c([2H])c4N(c4ccc(C(C)(C)C)cc4-c4ccccc4)c4c([2H])c5c(c(c42)O3)B2c3c(cc(C(C)(C)C)cc3N(c3cccc4c3c3ccccc3n4-c3ccccc3)c3c([2H])c(-c4c([2H])c([2H])c([2H])c([2H])c4[2H])c([2H])c([2H])c32)N5c2c(-c3ccccc3)cc(C(C)(C)C)cc2-c2ccccc2)c([2H])c1[2H]. The summed E-state index contributed by atoms with van der Waals surface area (Å²) in [5.41, 5.74) is 1.87. The average molecular weight is 1500 g/mol. The summed E-state index contributed by atoms with van der Waals surface area (Å²) in [4.78, 5) is 5.44. The van der Waals surface area contributed by atoms with Gasteiger partial charge in [0.15, 0.2) is 0 Å². The quantitative estimate of drug-likeness (QED) is 0.127. The van der Waals surface area contributed by atoms with E-state index in [1.54, 1.807) is 11.0 Å². The molecule has 0 unspecified atom stereocenters. The minimum absolute atomic E-state index is 0.0661. The lowest BCUT2D eigenvalue weighted by Gasteiger charge is -2.48. The summed E-state index contributed by atoms with van der Waals surface area (Å²) in [6.07, 6.45) is 0. The molecule has 0 saturated carbocycles. The highest BCUT2D eigenvalue weighted by Crippen LogP contribution is 2.57. The first kappa shape index (κ1) is 47.9. The van der Waals surface area contributed by atoms with E-state index in [2.05, 4.69) is 37.5 Å². The smallest absolute Gasteiger partial charge is 0.256 e. The summed E-state index contributed by atoms with van der Waals surface area (Å²) in [7, 11) is 0. The molecular weight excluding hydrogens is 1390 g/mol. The fraction of sp³-hybridized carbons (Fsp3) is 0.111. The highest BCUT2D eigenvalue weighted by Gasteiger charge is 2.52. The summed E-state index contributed by atoms with van der Waals surface area (Å²) >= 11 is 0. The van der Waals surface area contributed by atoms with Crippen molar-refractivity contribution in [1.29, 1.82) is 0 Å². The van der Waals surface area contributed by atoms with Crippen LogP contribution >= 0.6 is 0 Å². The maximum Gasteiger partial charge on any atom is 0.256 e. The average Bonchev–Trinajstić information content (AvgIpc) is 0.678. The van der Waals surface area contributed by atoms with E-state index in [4.69, 9.17) is 8.85 Å². The molecule has 0 amide bonds. The second kappa shape index (κ2) is 26.7. The summed E-state index contributed by atoms with van der Waals surface area (Å²) in [6.45, 7) is 14.8. The molecule has 21 rings (SSSR count). The molecule has 0 spiro atoms. The topological polar surface area (TPSA) is 23.9 Å². The third kappa shape index (κ3) is 11.4. The van der Waals surface area contributed by atoms with Gasteiger partial charge in [-0.1, -0.05) is 329 Å². The minimum atomic E-state index is -2.00. The van der Waals surface area contributed by atoms with Crippen molar-refractivity contribution in [2.75, 3.05) is 14.7 Å². The molecule has 115 heavy (non-hydrogen) atoms. The van der Waals surface area contributed by atoms with Crippen molar-refractivity contribution in [2.45, 2.75) is 78.6 Å². The van der Waals surface area contributed by atoms with Crippen molar-refractivity contribution in [1.82, 2.24) is 4.57 Å². The molecule has 0 fully saturated rings. The third-order valence-corrected chi connectivity index (χ3v) is 22.7. The number of rotatable bonds is 10. The molecule has 7 heteroatoms. The number of ether oxygens (including phenoxy) is 1. The zero-order chi connectivity index (χ0) is 99.5. The molecule has 16 aromatic carbocycles. The predicted molar refractivity (Wildman–Crippen MR) is 489 cm³/mol. The summed E-state index contributed by atoms with van der Waals surface area (Å²) in [6, 6.07) is 45.8. The van der Waals surface area contributed by atoms with E-state index in [1.807, 2.05) is 239 Å². The van der Waals surface area contributed by atoms with Crippen LogP contribution in [0.15, 0.2) is 357 Å². The van der Waals surface area contributed by atoms with Gasteiger partial charge in [0.05, 0.1) is 62.4 Å². The van der Waals surface area contributed by atoms with Crippen LogP contribution in [0.3, 0.4) is 0 Å². The zero-order valence-electron chi connectivity index (χ0n) is 89.5. The number of hydrogen-bond donors (Lipinski definition) is 0. The molecule has 550 valence electrons. The van der Waals surface area contributed by atoms with Gasteiger partial charge in [-0.3, -0.25) is 0 Å². The van der Waals surface area contributed by atoms with E-state index in [-0.39, 0.29) is 56.0 Å². The molecule has 0 saturated heterocycles. The van der Waals surface area contributed by atoms with Crippen molar-refractivity contribution >= 4 is 119 Å². The van der Waals surface area contributed by atoms with E-state index < -0.39 is 225 Å². The second-order valence-corrected chi connectivity index (χ2v) is 32.8. The van der Waals surface area contributed by atoms with Gasteiger partial charge in [-0.25, -0.2) is 0 Å². The molecule has 0 bridgehead atoms. The first-order valence-corrected chi connectivity index (χ1v) is 38.6. The van der Waals surface area contributed by atoms with Gasteiger partial charge < -0.3 is 24.0 Å². The van der Waals surface area contributed by atoms with Crippen LogP contribution in [0.4, 0.5) is 51.2 Å². The number of anilines is 9. The number of para-hydroxylation sites is 2. The molecule has 0 radical (unpaired) electrons. The third-order valence-electron chi connectivity index (χ3n) is 22.7. The van der Waals surface area contributed by atoms with Crippen LogP contribution in [0.1, 0.15) is 113 Å². The van der Waals surface area contributed by atoms with Crippen LogP contribution in [0.25, 0.3) is 94.3 Å². The Bertz CT molecular complexity index is 8220. The van der Waals surface area contributed by atoms with Crippen LogP contribution in [-0.4, -0.2) is 18.0 Å². The molecule has 0 N–H and O–H groups in total. The van der Waals surface area contributed by atoms with Crippen LogP contribution in [-0.2, 0) is 16.2 Å². The monoisotopic (exact) mass is 1500 g/mol. The van der Waals surface area contributed by atoms with Gasteiger partial charge in [0, 0.05) is 67.3 Å². The predicted octanol–water partition coefficient (Wildman–Crippen LogP) is 25.2. The van der Waals surface area contributed by atoms with Crippen LogP contribution in [0.5, 0.6) is 11.5 Å². The van der Waals surface area contributed by atoms with Gasteiger partial charge >= 0.3 is 0 Å². The second-order valence-electron chi connectivity index (χ2n) is 32.8. The minimum Gasteiger partial charge on any atom is -0.459 e. The molecule has 17 aromatic rings. The Hall–Kier alpha value is -13.4. The van der Waals surface area contributed by atoms with Crippen molar-refractivity contribution in [3.8, 4) is 83.9 Å². The summed E-state index contributed by atoms with van der Waals surface area (Å²) in [5, 5.41) is 1.32. The van der Waals surface area contributed by atoms with Gasteiger partial charge in [0.25, 0.3) is 13.4 Å². The Kier molecular flexibility index (Phi) is 11.1. The van der Waals surface area contributed by atoms with E-state index in [0.717, 1.165) is 22.3 Å². The van der Waals surface area contributed by atoms with Gasteiger partial charge in [-0.2, -0.15) is 0 Å². The Morgan fingerprint density at radius 1 is 0.296 bits per heavy atom. The molecule has 5 nitrogen and oxygen atoms in total. The molecule has 4 aliphatic heterocycles. The Morgan fingerprint density at radius 3 is 1.31 bits per heavy atom. The van der Waals surface area contributed by atoms with Crippen molar-refractivity contribution < 1.29 is 39.0 Å². The number of aromatic nitrogens is 1. The standard InChI is InChI=1S/C108H86B2N4O/c1-106(2,3)78-55-58-90(83(63-78)72-40-23-13-24-41-72)112-93-61-76(70-36-19-11-20-37-70)52-56-86(93)109-88-60-75(69-34-17-10-18-35-69)54-59-99(88)115-105-102(109)97(112)68-98-103(105)110-87-57-53-77(71-38-21-12-22-39-71)62-94(87)113(92-51-33-50-91-100(92)82-48-31-32-49-89(82)111(91)81-46-29-16-30-47-81)95-66-80(108(7,8)9)67-96(101(95)110)114(98)104-84(73-42-25-14-26-43-73)64-79(107(4,5)6)65-85(104)74-44-27-15-28-45-74/h10-68H,1-9H3/i10D,11D,12D,17D,18D,19D,20D,21D,22D,34D,35D,36D,37D,38D,39D,52D,53D,54D,56D,57D,59D,60D,61D,62D,68D. The normalized spacial score (nSPS) is 16.3. The van der Waals surface area contributed by atoms with E-state index in [9.17, 15) is 30.2 Å². The van der Waals surface area contributed by atoms with Gasteiger partial charge in [0.2, 0.25) is 0 Å². The number of nitrogens with zero attached hydrogens (tertiary/aromatic N) is 4. The van der Waals surface area contributed by atoms with Crippen molar-refractivity contribution in [3.63, 3.8) is 0 Å². The number of hydrogen-bond acceptors (Lipinski definition) is 4. The lowest BCUT2D eigenvalue weighted by Crippen LogP contribution is -2.65. The van der Waals surface area contributed by atoms with Crippen LogP contribution in [0.2, 0.25) is 0 Å². The van der Waals surface area contributed by atoms with Gasteiger partial charge in [-0.05, 0) is 207 Å². The zero-order valence-corrected chi connectivity index (χ0v) is 64.5. The number of fused-ring (bicyclic) bond motifs is 12. The largest absolute Gasteiger partial charge is 0.459 e. The Labute approximate surface area is 711 Å². The molecule has 1 aromatic heterocycles. The molecule has 4 aliphatic rings. The first-order valence-electron chi connectivity index (χ1n) is 51.1. The molecule has 0 atom stereocenters. The van der Waals surface area contributed by atoms with Crippen LogP contribution < -0.4 is 52.2 Å². The summed E-state index contributed by atoms with van der Waals surface area (Å²) in [5.74, 6) is -0.943. The fourth-order valence-corrected chi connectivity index (χ4v) is 17.2.